The average Bonchev–Trinajstić information content (AvgIpc) is 2.85. The maximum Gasteiger partial charge on any atom is 0.160 e. The van der Waals surface area contributed by atoms with Gasteiger partial charge in [-0.3, -0.25) is 4.68 Å². The van der Waals surface area contributed by atoms with Crippen LogP contribution >= 0.6 is 11.6 Å². The van der Waals surface area contributed by atoms with Gasteiger partial charge in [0.1, 0.15) is 0 Å². The number of hydrogen-bond acceptors (Lipinski definition) is 2. The number of halogens is 1. The zero-order valence-electron chi connectivity index (χ0n) is 9.95. The Morgan fingerprint density at radius 3 is 2.94 bits per heavy atom. The molecule has 0 aromatic carbocycles. The standard InChI is InChI=1S/C12H19ClN2O/c1-3-7-15-12(11(16-2)8-14-15)9-5-4-6-10(9)13/h8-10H,3-7H2,1-2H3. The fourth-order valence-electron chi connectivity index (χ4n) is 2.52. The second-order valence-electron chi connectivity index (χ2n) is 4.37. The predicted octanol–water partition coefficient (Wildman–Crippen LogP) is 3.18. The Balaban J connectivity index is 2.31. The third kappa shape index (κ3) is 2.05. The van der Waals surface area contributed by atoms with E-state index in [2.05, 4.69) is 16.7 Å². The smallest absolute Gasteiger partial charge is 0.160 e. The van der Waals surface area contributed by atoms with Crippen LogP contribution in [-0.2, 0) is 6.54 Å². The van der Waals surface area contributed by atoms with Crippen LogP contribution in [0.5, 0.6) is 5.75 Å². The summed E-state index contributed by atoms with van der Waals surface area (Å²) in [5.41, 5.74) is 1.20. The van der Waals surface area contributed by atoms with E-state index in [0.717, 1.165) is 31.6 Å². The van der Waals surface area contributed by atoms with Gasteiger partial charge in [-0.15, -0.1) is 11.6 Å². The lowest BCUT2D eigenvalue weighted by Crippen LogP contribution is -2.13. The summed E-state index contributed by atoms with van der Waals surface area (Å²) in [6.07, 6.45) is 6.36. The number of alkyl halides is 1. The van der Waals surface area contributed by atoms with Gasteiger partial charge in [-0.2, -0.15) is 5.10 Å². The number of aryl methyl sites for hydroxylation is 1. The summed E-state index contributed by atoms with van der Waals surface area (Å²) >= 11 is 6.37. The Morgan fingerprint density at radius 1 is 1.56 bits per heavy atom. The highest BCUT2D eigenvalue weighted by molar-refractivity contribution is 6.21. The van der Waals surface area contributed by atoms with Crippen molar-refractivity contribution >= 4 is 11.6 Å². The Bertz CT molecular complexity index is 351. The van der Waals surface area contributed by atoms with Crippen LogP contribution < -0.4 is 4.74 Å². The maximum absolute atomic E-state index is 6.37. The van der Waals surface area contributed by atoms with Gasteiger partial charge in [-0.1, -0.05) is 13.3 Å². The molecule has 1 heterocycles. The monoisotopic (exact) mass is 242 g/mol. The van der Waals surface area contributed by atoms with Crippen molar-refractivity contribution in [2.45, 2.75) is 50.4 Å². The van der Waals surface area contributed by atoms with E-state index >= 15 is 0 Å². The minimum atomic E-state index is 0.237. The number of nitrogens with zero attached hydrogens (tertiary/aromatic N) is 2. The van der Waals surface area contributed by atoms with Crippen molar-refractivity contribution in [3.8, 4) is 5.75 Å². The molecular formula is C12H19ClN2O. The lowest BCUT2D eigenvalue weighted by atomic mass is 10.0. The molecule has 1 aromatic heterocycles. The van der Waals surface area contributed by atoms with Gasteiger partial charge in [-0.05, 0) is 19.3 Å². The summed E-state index contributed by atoms with van der Waals surface area (Å²) in [5.74, 6) is 1.30. The van der Waals surface area contributed by atoms with Gasteiger partial charge in [-0.25, -0.2) is 0 Å². The molecule has 90 valence electrons. The molecule has 0 N–H and O–H groups in total. The van der Waals surface area contributed by atoms with Gasteiger partial charge >= 0.3 is 0 Å². The lowest BCUT2D eigenvalue weighted by molar-refractivity contribution is 0.400. The van der Waals surface area contributed by atoms with Gasteiger partial charge in [0.05, 0.1) is 19.0 Å². The van der Waals surface area contributed by atoms with Gasteiger partial charge in [0, 0.05) is 17.8 Å². The second-order valence-corrected chi connectivity index (χ2v) is 4.94. The Kier molecular flexibility index (Phi) is 3.74. The number of rotatable bonds is 4. The normalized spacial score (nSPS) is 24.9. The first-order valence-electron chi connectivity index (χ1n) is 6.01. The molecule has 2 rings (SSSR count). The molecule has 0 radical (unpaired) electrons. The average molecular weight is 243 g/mol. The van der Waals surface area contributed by atoms with Crippen LogP contribution in [0.1, 0.15) is 44.2 Å². The summed E-state index contributed by atoms with van der Waals surface area (Å²) in [6.45, 7) is 3.10. The second kappa shape index (κ2) is 5.09. The number of ether oxygens (including phenoxy) is 1. The van der Waals surface area contributed by atoms with Crippen LogP contribution in [0.25, 0.3) is 0 Å². The van der Waals surface area contributed by atoms with Gasteiger partial charge < -0.3 is 4.74 Å². The van der Waals surface area contributed by atoms with E-state index in [1.807, 2.05) is 6.20 Å². The van der Waals surface area contributed by atoms with Crippen molar-refractivity contribution in [2.24, 2.45) is 0 Å². The fraction of sp³-hybridized carbons (Fsp3) is 0.750. The summed E-state index contributed by atoms with van der Waals surface area (Å²) in [5, 5.41) is 4.63. The van der Waals surface area contributed by atoms with E-state index in [1.54, 1.807) is 7.11 Å². The number of methoxy groups -OCH3 is 1. The SMILES string of the molecule is CCCn1ncc(OC)c1C1CCCC1Cl. The molecule has 0 saturated heterocycles. The van der Waals surface area contributed by atoms with Gasteiger partial charge in [0.15, 0.2) is 5.75 Å². The van der Waals surface area contributed by atoms with Crippen molar-refractivity contribution in [2.75, 3.05) is 7.11 Å². The first-order chi connectivity index (χ1) is 7.77. The third-order valence-corrected chi connectivity index (χ3v) is 3.81. The fourth-order valence-corrected chi connectivity index (χ4v) is 2.92. The molecule has 16 heavy (non-hydrogen) atoms. The lowest BCUT2D eigenvalue weighted by Gasteiger charge is -2.17. The van der Waals surface area contributed by atoms with Crippen molar-refractivity contribution in [3.05, 3.63) is 11.9 Å². The Hall–Kier alpha value is -0.700. The molecule has 1 saturated carbocycles. The molecule has 3 nitrogen and oxygen atoms in total. The predicted molar refractivity (Wildman–Crippen MR) is 65.3 cm³/mol. The molecule has 2 unspecified atom stereocenters. The van der Waals surface area contributed by atoms with Crippen molar-refractivity contribution < 1.29 is 4.74 Å². The highest BCUT2D eigenvalue weighted by Crippen LogP contribution is 2.41. The van der Waals surface area contributed by atoms with Crippen LogP contribution in [0.3, 0.4) is 0 Å². The Labute approximate surface area is 102 Å². The zero-order chi connectivity index (χ0) is 11.5. The van der Waals surface area contributed by atoms with Crippen molar-refractivity contribution in [1.29, 1.82) is 0 Å². The molecule has 4 heteroatoms. The summed E-state index contributed by atoms with van der Waals surface area (Å²) < 4.78 is 7.45. The summed E-state index contributed by atoms with van der Waals surface area (Å²) in [6, 6.07) is 0. The molecule has 0 amide bonds. The van der Waals surface area contributed by atoms with E-state index in [0.29, 0.717) is 5.92 Å². The van der Waals surface area contributed by atoms with Crippen molar-refractivity contribution in [3.63, 3.8) is 0 Å². The minimum Gasteiger partial charge on any atom is -0.493 e. The molecule has 1 fully saturated rings. The van der Waals surface area contributed by atoms with Gasteiger partial charge in [0.25, 0.3) is 0 Å². The Morgan fingerprint density at radius 2 is 2.38 bits per heavy atom. The molecule has 1 aliphatic rings. The zero-order valence-corrected chi connectivity index (χ0v) is 10.7. The van der Waals surface area contributed by atoms with Crippen LogP contribution in [0.4, 0.5) is 0 Å². The third-order valence-electron chi connectivity index (χ3n) is 3.28. The highest BCUT2D eigenvalue weighted by Gasteiger charge is 2.32. The van der Waals surface area contributed by atoms with Gasteiger partial charge in [0.2, 0.25) is 0 Å². The first kappa shape index (κ1) is 11.8. The van der Waals surface area contributed by atoms with Crippen LogP contribution in [0, 0.1) is 0 Å². The van der Waals surface area contributed by atoms with Crippen LogP contribution in [0.15, 0.2) is 6.20 Å². The molecule has 0 bridgehead atoms. The first-order valence-corrected chi connectivity index (χ1v) is 6.45. The summed E-state index contributed by atoms with van der Waals surface area (Å²) in [7, 11) is 1.70. The topological polar surface area (TPSA) is 27.1 Å². The van der Waals surface area contributed by atoms with E-state index < -0.39 is 0 Å². The van der Waals surface area contributed by atoms with E-state index in [1.165, 1.54) is 12.1 Å². The van der Waals surface area contributed by atoms with E-state index in [-0.39, 0.29) is 5.38 Å². The van der Waals surface area contributed by atoms with E-state index in [9.17, 15) is 0 Å². The number of hydrogen-bond donors (Lipinski definition) is 0. The molecule has 1 aliphatic carbocycles. The molecular weight excluding hydrogens is 224 g/mol. The molecule has 1 aromatic rings. The van der Waals surface area contributed by atoms with Crippen LogP contribution in [-0.4, -0.2) is 22.3 Å². The molecule has 0 aliphatic heterocycles. The molecule has 2 atom stereocenters. The summed E-state index contributed by atoms with van der Waals surface area (Å²) in [4.78, 5) is 0. The quantitative estimate of drug-likeness (QED) is 0.759. The maximum atomic E-state index is 6.37. The van der Waals surface area contributed by atoms with E-state index in [4.69, 9.17) is 16.3 Å². The minimum absolute atomic E-state index is 0.237. The highest BCUT2D eigenvalue weighted by atomic mass is 35.5. The largest absolute Gasteiger partial charge is 0.493 e. The van der Waals surface area contributed by atoms with Crippen LogP contribution in [0.2, 0.25) is 0 Å². The molecule has 0 spiro atoms. The number of aromatic nitrogens is 2. The van der Waals surface area contributed by atoms with Crippen molar-refractivity contribution in [1.82, 2.24) is 9.78 Å².